The Morgan fingerprint density at radius 2 is 0.542 bits per heavy atom. The molecule has 0 saturated heterocycles. The Hall–Kier alpha value is -2.63. The Balaban J connectivity index is 4.19. The molecular formula is C66H120O6. The molecule has 1 atom stereocenters. The van der Waals surface area contributed by atoms with Crippen LogP contribution in [0.4, 0.5) is 0 Å². The van der Waals surface area contributed by atoms with Gasteiger partial charge in [-0.25, -0.2) is 0 Å². The standard InChI is InChI=1S/C66H120O6/c1-4-7-10-13-16-19-22-25-27-28-29-30-31-32-33-34-35-36-37-38-39-42-44-47-50-53-56-59-65(68)71-62-63(61-70-64(67)58-55-52-49-46-43-40-24-21-18-15-12-9-6-3)72-66(69)60-57-54-51-48-45-41-26-23-20-17-14-11-8-5-2/h7,10,16,19,25,27,29-30,63H,4-6,8-9,11-15,17-18,20-24,26,28,31-62H2,1-3H3/b10-7-,19-16-,27-25-,30-29-. The maximum atomic E-state index is 12.9. The Labute approximate surface area is 448 Å². The number of esters is 3. The highest BCUT2D eigenvalue weighted by atomic mass is 16.6. The fourth-order valence-electron chi connectivity index (χ4n) is 9.38. The Kier molecular flexibility index (Phi) is 58.7. The topological polar surface area (TPSA) is 78.9 Å². The van der Waals surface area contributed by atoms with Crippen molar-refractivity contribution in [2.75, 3.05) is 13.2 Å². The molecule has 0 aromatic rings. The van der Waals surface area contributed by atoms with Crippen LogP contribution in [0.2, 0.25) is 0 Å². The summed E-state index contributed by atoms with van der Waals surface area (Å²) in [5.74, 6) is -0.845. The molecule has 0 spiro atoms. The molecule has 0 heterocycles. The molecule has 0 aromatic heterocycles. The van der Waals surface area contributed by atoms with Crippen LogP contribution in [0.1, 0.15) is 335 Å². The quantitative estimate of drug-likeness (QED) is 0.0261. The first kappa shape index (κ1) is 69.4. The zero-order valence-electron chi connectivity index (χ0n) is 48.2. The third-order valence-corrected chi connectivity index (χ3v) is 14.1. The van der Waals surface area contributed by atoms with Gasteiger partial charge in [0.15, 0.2) is 6.10 Å². The summed E-state index contributed by atoms with van der Waals surface area (Å²) in [5, 5.41) is 0. The lowest BCUT2D eigenvalue weighted by Crippen LogP contribution is -2.30. The summed E-state index contributed by atoms with van der Waals surface area (Å²) < 4.78 is 16.9. The van der Waals surface area contributed by atoms with Crippen molar-refractivity contribution in [3.63, 3.8) is 0 Å². The second-order valence-corrected chi connectivity index (χ2v) is 21.3. The molecule has 0 N–H and O–H groups in total. The predicted octanol–water partition coefficient (Wildman–Crippen LogP) is 21.4. The van der Waals surface area contributed by atoms with E-state index in [1.165, 1.54) is 212 Å². The van der Waals surface area contributed by atoms with Gasteiger partial charge in [-0.3, -0.25) is 14.4 Å². The smallest absolute Gasteiger partial charge is 0.306 e. The molecule has 0 aromatic carbocycles. The van der Waals surface area contributed by atoms with Crippen LogP contribution in [-0.2, 0) is 28.6 Å². The van der Waals surface area contributed by atoms with E-state index >= 15 is 0 Å². The molecule has 0 aliphatic heterocycles. The van der Waals surface area contributed by atoms with Crippen LogP contribution in [0.5, 0.6) is 0 Å². The highest BCUT2D eigenvalue weighted by Crippen LogP contribution is 2.17. The van der Waals surface area contributed by atoms with E-state index in [0.29, 0.717) is 19.3 Å². The first-order valence-electron chi connectivity index (χ1n) is 31.6. The van der Waals surface area contributed by atoms with Crippen molar-refractivity contribution in [1.29, 1.82) is 0 Å². The average Bonchev–Trinajstić information content (AvgIpc) is 3.38. The van der Waals surface area contributed by atoms with Gasteiger partial charge in [-0.2, -0.15) is 0 Å². The van der Waals surface area contributed by atoms with E-state index in [1.807, 2.05) is 0 Å². The summed E-state index contributed by atoms with van der Waals surface area (Å²) in [6, 6.07) is 0. The number of allylic oxidation sites excluding steroid dienone is 8. The second-order valence-electron chi connectivity index (χ2n) is 21.3. The molecular weight excluding hydrogens is 889 g/mol. The number of ether oxygens (including phenoxy) is 3. The minimum atomic E-state index is -0.768. The van der Waals surface area contributed by atoms with E-state index in [4.69, 9.17) is 14.2 Å². The van der Waals surface area contributed by atoms with Gasteiger partial charge < -0.3 is 14.2 Å². The third-order valence-electron chi connectivity index (χ3n) is 14.1. The fourth-order valence-corrected chi connectivity index (χ4v) is 9.38. The zero-order chi connectivity index (χ0) is 52.2. The molecule has 0 radical (unpaired) electrons. The van der Waals surface area contributed by atoms with Crippen LogP contribution in [0.25, 0.3) is 0 Å². The molecule has 0 bridgehead atoms. The first-order chi connectivity index (χ1) is 35.5. The minimum absolute atomic E-state index is 0.0667. The number of rotatable bonds is 58. The van der Waals surface area contributed by atoms with Gasteiger partial charge in [0.1, 0.15) is 13.2 Å². The summed E-state index contributed by atoms with van der Waals surface area (Å²) in [4.78, 5) is 38.2. The molecule has 0 fully saturated rings. The number of unbranched alkanes of at least 4 members (excludes halogenated alkanes) is 39. The highest BCUT2D eigenvalue weighted by molar-refractivity contribution is 5.71. The molecule has 0 amide bonds. The molecule has 0 saturated carbocycles. The van der Waals surface area contributed by atoms with Crippen LogP contribution < -0.4 is 0 Å². The molecule has 0 rings (SSSR count). The van der Waals surface area contributed by atoms with E-state index in [9.17, 15) is 14.4 Å². The lowest BCUT2D eigenvalue weighted by molar-refractivity contribution is -0.167. The van der Waals surface area contributed by atoms with Gasteiger partial charge >= 0.3 is 17.9 Å². The molecule has 72 heavy (non-hydrogen) atoms. The largest absolute Gasteiger partial charge is 0.462 e. The van der Waals surface area contributed by atoms with Crippen LogP contribution >= 0.6 is 0 Å². The number of hydrogen-bond donors (Lipinski definition) is 0. The van der Waals surface area contributed by atoms with E-state index in [1.54, 1.807) is 0 Å². The lowest BCUT2D eigenvalue weighted by atomic mass is 10.0. The SMILES string of the molecule is CC/C=C\C/C=C\C/C=C\C/C=C\CCCCCCCCCCCCCCCCC(=O)OCC(COC(=O)CCCCCCCCCCCCCCC)OC(=O)CCCCCCCCCCCCCCCC. The molecule has 6 nitrogen and oxygen atoms in total. The summed E-state index contributed by atoms with van der Waals surface area (Å²) in [5.41, 5.74) is 0. The number of hydrogen-bond acceptors (Lipinski definition) is 6. The minimum Gasteiger partial charge on any atom is -0.462 e. The van der Waals surface area contributed by atoms with Crippen molar-refractivity contribution in [2.45, 2.75) is 341 Å². The fraction of sp³-hybridized carbons (Fsp3) is 0.833. The average molecular weight is 1010 g/mol. The van der Waals surface area contributed by atoms with Gasteiger partial charge in [0.2, 0.25) is 0 Å². The number of carbonyl (C=O) groups excluding carboxylic acids is 3. The second kappa shape index (κ2) is 60.9. The summed E-state index contributed by atoms with van der Waals surface area (Å²) in [6.07, 6.45) is 75.5. The number of carbonyl (C=O) groups is 3. The van der Waals surface area contributed by atoms with Crippen molar-refractivity contribution in [2.24, 2.45) is 0 Å². The van der Waals surface area contributed by atoms with Crippen LogP contribution in [0.3, 0.4) is 0 Å². The van der Waals surface area contributed by atoms with Gasteiger partial charge in [-0.15, -0.1) is 0 Å². The third kappa shape index (κ3) is 58.3. The van der Waals surface area contributed by atoms with Gasteiger partial charge in [-0.1, -0.05) is 307 Å². The van der Waals surface area contributed by atoms with Gasteiger partial charge in [0.25, 0.3) is 0 Å². The van der Waals surface area contributed by atoms with Crippen molar-refractivity contribution < 1.29 is 28.6 Å². The predicted molar refractivity (Wildman–Crippen MR) is 312 cm³/mol. The van der Waals surface area contributed by atoms with Gasteiger partial charge in [0.05, 0.1) is 0 Å². The Morgan fingerprint density at radius 3 is 0.847 bits per heavy atom. The summed E-state index contributed by atoms with van der Waals surface area (Å²) in [7, 11) is 0. The van der Waals surface area contributed by atoms with Gasteiger partial charge in [-0.05, 0) is 57.8 Å². The molecule has 0 aliphatic carbocycles. The molecule has 6 heteroatoms. The monoisotopic (exact) mass is 1010 g/mol. The van der Waals surface area contributed by atoms with Crippen molar-refractivity contribution in [3.05, 3.63) is 48.6 Å². The molecule has 420 valence electrons. The zero-order valence-corrected chi connectivity index (χ0v) is 48.2. The first-order valence-corrected chi connectivity index (χ1v) is 31.6. The Bertz CT molecular complexity index is 1250. The molecule has 1 unspecified atom stereocenters. The van der Waals surface area contributed by atoms with Crippen molar-refractivity contribution in [1.82, 2.24) is 0 Å². The van der Waals surface area contributed by atoms with E-state index < -0.39 is 6.10 Å². The summed E-state index contributed by atoms with van der Waals surface area (Å²) >= 11 is 0. The summed E-state index contributed by atoms with van der Waals surface area (Å²) in [6.45, 7) is 6.58. The van der Waals surface area contributed by atoms with E-state index in [-0.39, 0.29) is 31.1 Å². The lowest BCUT2D eigenvalue weighted by Gasteiger charge is -2.18. The van der Waals surface area contributed by atoms with Crippen LogP contribution in [0, 0.1) is 0 Å². The van der Waals surface area contributed by atoms with Crippen LogP contribution in [-0.4, -0.2) is 37.2 Å². The normalized spacial score (nSPS) is 12.3. The maximum Gasteiger partial charge on any atom is 0.306 e. The molecule has 0 aliphatic rings. The highest BCUT2D eigenvalue weighted by Gasteiger charge is 2.19. The van der Waals surface area contributed by atoms with Gasteiger partial charge in [0, 0.05) is 19.3 Å². The van der Waals surface area contributed by atoms with Crippen LogP contribution in [0.15, 0.2) is 48.6 Å². The van der Waals surface area contributed by atoms with E-state index in [0.717, 1.165) is 83.5 Å². The Morgan fingerprint density at radius 1 is 0.292 bits per heavy atom. The van der Waals surface area contributed by atoms with Crippen molar-refractivity contribution in [3.8, 4) is 0 Å². The maximum absolute atomic E-state index is 12.9. The van der Waals surface area contributed by atoms with E-state index in [2.05, 4.69) is 69.4 Å². The van der Waals surface area contributed by atoms with Crippen molar-refractivity contribution >= 4 is 17.9 Å².